The number of carbonyl (C=O) groups is 4. The summed E-state index contributed by atoms with van der Waals surface area (Å²) in [6, 6.07) is -2.55. The van der Waals surface area contributed by atoms with Gasteiger partial charge in [-0.25, -0.2) is 9.59 Å². The minimum Gasteiger partial charge on any atom is -0.481 e. The average Bonchev–Trinajstić information content (AvgIpc) is 2.30. The van der Waals surface area contributed by atoms with Gasteiger partial charge in [-0.15, -0.1) is 0 Å². The third-order valence-electron chi connectivity index (χ3n) is 2.58. The first kappa shape index (κ1) is 14.7. The van der Waals surface area contributed by atoms with E-state index < -0.39 is 30.4 Å². The summed E-state index contributed by atoms with van der Waals surface area (Å²) in [6.45, 7) is 0.267. The van der Waals surface area contributed by atoms with E-state index >= 15 is 0 Å². The molecular weight excluding hydrogens is 258 g/mol. The number of hydrogen-bond donors (Lipinski definition) is 5. The van der Waals surface area contributed by atoms with Gasteiger partial charge in [-0.2, -0.15) is 0 Å². The van der Waals surface area contributed by atoms with E-state index in [1.54, 1.807) is 0 Å². The number of aliphatic carboxylic acids is 2. The first-order valence-electron chi connectivity index (χ1n) is 5.67. The first-order valence-corrected chi connectivity index (χ1v) is 5.67. The van der Waals surface area contributed by atoms with E-state index in [4.69, 9.17) is 10.2 Å². The fraction of sp³-hybridized carbons (Fsp3) is 0.600. The summed E-state index contributed by atoms with van der Waals surface area (Å²) in [6.07, 6.45) is 0.0303. The monoisotopic (exact) mass is 273 g/mol. The summed E-state index contributed by atoms with van der Waals surface area (Å²) < 4.78 is 0. The standard InChI is InChI=1S/C10H15N3O6/c14-7-2-1-5(4-11-7)12-10(19)13-6(9(17)18)3-8(15)16/h5-6H,1-4H2,(H,11,14)(H,15,16)(H,17,18)(H2,12,13,19). The van der Waals surface area contributed by atoms with Crippen molar-refractivity contribution in [2.24, 2.45) is 0 Å². The van der Waals surface area contributed by atoms with Crippen molar-refractivity contribution < 1.29 is 29.4 Å². The molecule has 1 heterocycles. The predicted octanol–water partition coefficient (Wildman–Crippen LogP) is -1.51. The molecular formula is C10H15N3O6. The van der Waals surface area contributed by atoms with Crippen LogP contribution in [-0.2, 0) is 14.4 Å². The van der Waals surface area contributed by atoms with Gasteiger partial charge in [-0.1, -0.05) is 0 Å². The second-order valence-corrected chi connectivity index (χ2v) is 4.15. The molecule has 0 radical (unpaired) electrons. The number of carboxylic acids is 2. The maximum Gasteiger partial charge on any atom is 0.326 e. The van der Waals surface area contributed by atoms with Crippen LogP contribution in [0.1, 0.15) is 19.3 Å². The molecule has 0 aromatic rings. The summed E-state index contributed by atoms with van der Waals surface area (Å²) >= 11 is 0. The highest BCUT2D eigenvalue weighted by atomic mass is 16.4. The van der Waals surface area contributed by atoms with Gasteiger partial charge in [0, 0.05) is 19.0 Å². The van der Waals surface area contributed by atoms with Gasteiger partial charge in [-0.05, 0) is 6.42 Å². The smallest absolute Gasteiger partial charge is 0.326 e. The van der Waals surface area contributed by atoms with Crippen molar-refractivity contribution in [3.05, 3.63) is 0 Å². The first-order chi connectivity index (χ1) is 8.88. The lowest BCUT2D eigenvalue weighted by molar-refractivity contribution is -0.145. The molecule has 0 aliphatic carbocycles. The van der Waals surface area contributed by atoms with Crippen molar-refractivity contribution in [2.45, 2.75) is 31.3 Å². The Labute approximate surface area is 108 Å². The maximum absolute atomic E-state index is 11.5. The number of hydrogen-bond acceptors (Lipinski definition) is 4. The molecule has 0 saturated carbocycles. The maximum atomic E-state index is 11.5. The molecule has 2 atom stereocenters. The molecule has 5 N–H and O–H groups in total. The number of piperidine rings is 1. The van der Waals surface area contributed by atoms with Crippen LogP contribution in [0, 0.1) is 0 Å². The highest BCUT2D eigenvalue weighted by Gasteiger charge is 2.25. The number of carboxylic acid groups (broad SMARTS) is 2. The number of amides is 3. The number of urea groups is 1. The molecule has 9 heteroatoms. The molecule has 3 amide bonds. The third-order valence-corrected chi connectivity index (χ3v) is 2.58. The van der Waals surface area contributed by atoms with Crippen molar-refractivity contribution in [1.82, 2.24) is 16.0 Å². The summed E-state index contributed by atoms with van der Waals surface area (Å²) in [7, 11) is 0. The van der Waals surface area contributed by atoms with E-state index in [2.05, 4.69) is 16.0 Å². The topological polar surface area (TPSA) is 145 Å². The van der Waals surface area contributed by atoms with Gasteiger partial charge >= 0.3 is 18.0 Å². The second-order valence-electron chi connectivity index (χ2n) is 4.15. The van der Waals surface area contributed by atoms with E-state index in [-0.39, 0.29) is 24.9 Å². The molecule has 0 aromatic heterocycles. The highest BCUT2D eigenvalue weighted by Crippen LogP contribution is 2.02. The summed E-state index contributed by atoms with van der Waals surface area (Å²) in [5.74, 6) is -2.85. The lowest BCUT2D eigenvalue weighted by Crippen LogP contribution is -2.53. The molecule has 2 unspecified atom stereocenters. The Balaban J connectivity index is 2.42. The molecule has 1 saturated heterocycles. The van der Waals surface area contributed by atoms with Crippen LogP contribution in [0.5, 0.6) is 0 Å². The quantitative estimate of drug-likeness (QED) is 0.412. The minimum atomic E-state index is -1.49. The van der Waals surface area contributed by atoms with Crippen LogP contribution < -0.4 is 16.0 Å². The van der Waals surface area contributed by atoms with Crippen molar-refractivity contribution in [2.75, 3.05) is 6.54 Å². The zero-order valence-electron chi connectivity index (χ0n) is 10.0. The Morgan fingerprint density at radius 1 is 1.37 bits per heavy atom. The van der Waals surface area contributed by atoms with E-state index in [1.165, 1.54) is 0 Å². The fourth-order valence-corrected chi connectivity index (χ4v) is 1.62. The van der Waals surface area contributed by atoms with Gasteiger partial charge in [0.15, 0.2) is 0 Å². The Hall–Kier alpha value is -2.32. The van der Waals surface area contributed by atoms with Crippen molar-refractivity contribution in [1.29, 1.82) is 0 Å². The molecule has 1 aliphatic heterocycles. The lowest BCUT2D eigenvalue weighted by Gasteiger charge is -2.24. The molecule has 106 valence electrons. The minimum absolute atomic E-state index is 0.104. The molecule has 0 spiro atoms. The fourth-order valence-electron chi connectivity index (χ4n) is 1.62. The molecule has 9 nitrogen and oxygen atoms in total. The summed E-state index contributed by atoms with van der Waals surface area (Å²) in [5.41, 5.74) is 0. The number of rotatable bonds is 5. The second kappa shape index (κ2) is 6.57. The van der Waals surface area contributed by atoms with Gasteiger partial charge in [0.2, 0.25) is 5.91 Å². The molecule has 1 fully saturated rings. The van der Waals surface area contributed by atoms with Gasteiger partial charge < -0.3 is 26.2 Å². The summed E-state index contributed by atoms with van der Waals surface area (Å²) in [5, 5.41) is 24.4. The normalized spacial score (nSPS) is 20.0. The average molecular weight is 273 g/mol. The molecule has 1 rings (SSSR count). The van der Waals surface area contributed by atoms with Crippen LogP contribution in [-0.4, -0.2) is 52.7 Å². The third kappa shape index (κ3) is 5.23. The van der Waals surface area contributed by atoms with E-state index in [0.29, 0.717) is 6.42 Å². The van der Waals surface area contributed by atoms with Gasteiger partial charge in [0.1, 0.15) is 6.04 Å². The Morgan fingerprint density at radius 3 is 2.53 bits per heavy atom. The van der Waals surface area contributed by atoms with Crippen molar-refractivity contribution in [3.8, 4) is 0 Å². The Bertz CT molecular complexity index is 387. The Kier molecular flexibility index (Phi) is 5.10. The van der Waals surface area contributed by atoms with Gasteiger partial charge in [-0.3, -0.25) is 9.59 Å². The van der Waals surface area contributed by atoms with Crippen molar-refractivity contribution >= 4 is 23.9 Å². The molecule has 0 bridgehead atoms. The molecule has 1 aliphatic rings. The zero-order valence-corrected chi connectivity index (χ0v) is 10.0. The number of carbonyl (C=O) groups excluding carboxylic acids is 2. The van der Waals surface area contributed by atoms with E-state index in [1.807, 2.05) is 0 Å². The van der Waals surface area contributed by atoms with Gasteiger partial charge in [0.25, 0.3) is 0 Å². The van der Waals surface area contributed by atoms with Crippen LogP contribution in [0.4, 0.5) is 4.79 Å². The number of nitrogens with one attached hydrogen (secondary N) is 3. The van der Waals surface area contributed by atoms with Gasteiger partial charge in [0.05, 0.1) is 6.42 Å². The molecule has 0 aromatic carbocycles. The lowest BCUT2D eigenvalue weighted by atomic mass is 10.1. The van der Waals surface area contributed by atoms with Crippen LogP contribution in [0.25, 0.3) is 0 Å². The Morgan fingerprint density at radius 2 is 2.05 bits per heavy atom. The van der Waals surface area contributed by atoms with Crippen LogP contribution >= 0.6 is 0 Å². The van der Waals surface area contributed by atoms with Crippen LogP contribution in [0.2, 0.25) is 0 Å². The van der Waals surface area contributed by atoms with Crippen LogP contribution in [0.15, 0.2) is 0 Å². The predicted molar refractivity (Wildman–Crippen MR) is 61.4 cm³/mol. The zero-order chi connectivity index (χ0) is 14.4. The van der Waals surface area contributed by atoms with E-state index in [9.17, 15) is 19.2 Å². The highest BCUT2D eigenvalue weighted by molar-refractivity contribution is 5.86. The van der Waals surface area contributed by atoms with Crippen LogP contribution in [0.3, 0.4) is 0 Å². The molecule has 19 heavy (non-hydrogen) atoms. The SMILES string of the molecule is O=C(O)CC(NC(=O)NC1CCC(=O)NC1)C(=O)O. The summed E-state index contributed by atoms with van der Waals surface area (Å²) in [4.78, 5) is 43.6. The largest absolute Gasteiger partial charge is 0.481 e. The van der Waals surface area contributed by atoms with E-state index in [0.717, 1.165) is 0 Å². The van der Waals surface area contributed by atoms with Crippen molar-refractivity contribution in [3.63, 3.8) is 0 Å².